The minimum absolute atomic E-state index is 0.0483. The molecule has 2 rings (SSSR count). The summed E-state index contributed by atoms with van der Waals surface area (Å²) in [5.74, 6) is 0.487. The number of rotatable bonds is 9. The molecule has 0 aliphatic rings. The van der Waals surface area contributed by atoms with Gasteiger partial charge in [0.2, 0.25) is 0 Å². The average molecular weight is 416 g/mol. The van der Waals surface area contributed by atoms with Gasteiger partial charge in [0.25, 0.3) is 5.56 Å². The van der Waals surface area contributed by atoms with E-state index in [0.29, 0.717) is 18.8 Å². The fraction of sp³-hybridized carbons (Fsp3) is 0.632. The lowest BCUT2D eigenvalue weighted by Gasteiger charge is -2.15. The number of aromatic nitrogens is 1. The van der Waals surface area contributed by atoms with E-state index < -0.39 is 6.17 Å². The van der Waals surface area contributed by atoms with Gasteiger partial charge < -0.3 is 4.57 Å². The molecule has 5 heteroatoms. The van der Waals surface area contributed by atoms with Gasteiger partial charge in [-0.05, 0) is 53.6 Å². The van der Waals surface area contributed by atoms with E-state index in [9.17, 15) is 9.18 Å². The van der Waals surface area contributed by atoms with Crippen molar-refractivity contribution in [3.05, 3.63) is 32.0 Å². The van der Waals surface area contributed by atoms with E-state index in [4.69, 9.17) is 0 Å². The van der Waals surface area contributed by atoms with Crippen LogP contribution in [0.25, 0.3) is 10.1 Å². The number of pyridine rings is 1. The molecule has 2 aromatic rings. The van der Waals surface area contributed by atoms with Crippen LogP contribution in [0.5, 0.6) is 0 Å². The molecule has 0 saturated heterocycles. The minimum atomic E-state index is -0.664. The molecular weight excluding hydrogens is 389 g/mol. The fourth-order valence-electron chi connectivity index (χ4n) is 3.08. The van der Waals surface area contributed by atoms with Crippen molar-refractivity contribution >= 4 is 37.4 Å². The number of fused-ring (bicyclic) bond motifs is 1. The Morgan fingerprint density at radius 2 is 2.04 bits per heavy atom. The smallest absolute Gasteiger partial charge is 0.259 e. The van der Waals surface area contributed by atoms with Crippen LogP contribution in [0.15, 0.2) is 21.5 Å². The SMILES string of the molecule is CCCCC(F)CCC(CC)Cc1cc2c(=O)n(C)cc(Br)c2s1. The van der Waals surface area contributed by atoms with Gasteiger partial charge in [-0.3, -0.25) is 4.79 Å². The molecule has 0 fully saturated rings. The van der Waals surface area contributed by atoms with Crippen molar-refractivity contribution in [1.82, 2.24) is 4.57 Å². The van der Waals surface area contributed by atoms with Crippen LogP contribution in [0, 0.1) is 5.92 Å². The van der Waals surface area contributed by atoms with Gasteiger partial charge in [-0.1, -0.05) is 33.1 Å². The second-order valence-corrected chi connectivity index (χ2v) is 8.63. The number of thiophene rings is 1. The zero-order chi connectivity index (χ0) is 17.7. The van der Waals surface area contributed by atoms with Gasteiger partial charge in [-0.15, -0.1) is 11.3 Å². The first kappa shape index (κ1) is 19.6. The first-order chi connectivity index (χ1) is 11.5. The highest BCUT2D eigenvalue weighted by Crippen LogP contribution is 2.32. The molecule has 0 bridgehead atoms. The summed E-state index contributed by atoms with van der Waals surface area (Å²) in [6.45, 7) is 4.28. The molecule has 2 atom stereocenters. The normalized spacial score (nSPS) is 14.2. The van der Waals surface area contributed by atoms with E-state index in [0.717, 1.165) is 46.7 Å². The van der Waals surface area contributed by atoms with Crippen LogP contribution in [0.2, 0.25) is 0 Å². The predicted octanol–water partition coefficient (Wildman–Crippen LogP) is 6.24. The molecule has 0 aromatic carbocycles. The van der Waals surface area contributed by atoms with Crippen LogP contribution in [-0.4, -0.2) is 10.7 Å². The second-order valence-electron chi connectivity index (χ2n) is 6.64. The molecular formula is C19H27BrFNOS. The summed E-state index contributed by atoms with van der Waals surface area (Å²) in [5.41, 5.74) is 0.0483. The van der Waals surface area contributed by atoms with E-state index in [1.54, 1.807) is 23.0 Å². The monoisotopic (exact) mass is 415 g/mol. The molecule has 0 radical (unpaired) electrons. The molecule has 0 amide bonds. The first-order valence-corrected chi connectivity index (χ1v) is 10.5. The standard InChI is InChI=1S/C19H27BrFNOS/c1-4-6-7-14(21)9-8-13(5-2)10-15-11-16-18(24-15)17(20)12-22(3)19(16)23/h11-14H,4-10H2,1-3H3. The van der Waals surface area contributed by atoms with E-state index in [1.165, 1.54) is 4.88 Å². The van der Waals surface area contributed by atoms with Crippen molar-refractivity contribution in [1.29, 1.82) is 0 Å². The quantitative estimate of drug-likeness (QED) is 0.474. The highest BCUT2D eigenvalue weighted by molar-refractivity contribution is 9.10. The van der Waals surface area contributed by atoms with Crippen molar-refractivity contribution in [2.24, 2.45) is 13.0 Å². The summed E-state index contributed by atoms with van der Waals surface area (Å²) in [5, 5.41) is 0.785. The number of hydrogen-bond acceptors (Lipinski definition) is 2. The van der Waals surface area contributed by atoms with Crippen molar-refractivity contribution in [3.63, 3.8) is 0 Å². The lowest BCUT2D eigenvalue weighted by atomic mass is 9.93. The van der Waals surface area contributed by atoms with E-state index in [1.807, 2.05) is 12.3 Å². The van der Waals surface area contributed by atoms with Crippen LogP contribution in [0.3, 0.4) is 0 Å². The highest BCUT2D eigenvalue weighted by atomic mass is 79.9. The zero-order valence-corrected chi connectivity index (χ0v) is 17.2. The maximum atomic E-state index is 13.9. The van der Waals surface area contributed by atoms with E-state index in [2.05, 4.69) is 29.8 Å². The van der Waals surface area contributed by atoms with Crippen LogP contribution < -0.4 is 5.56 Å². The summed E-state index contributed by atoms with van der Waals surface area (Å²) in [4.78, 5) is 13.5. The lowest BCUT2D eigenvalue weighted by molar-refractivity contribution is 0.264. The Labute approximate surface area is 156 Å². The molecule has 0 saturated carbocycles. The predicted molar refractivity (Wildman–Crippen MR) is 106 cm³/mol. The number of aryl methyl sites for hydroxylation is 1. The number of nitrogens with zero attached hydrogens (tertiary/aromatic N) is 1. The Morgan fingerprint density at radius 1 is 1.29 bits per heavy atom. The Balaban J connectivity index is 2.06. The second kappa shape index (κ2) is 9.14. The molecule has 24 heavy (non-hydrogen) atoms. The van der Waals surface area contributed by atoms with Crippen molar-refractivity contribution in [3.8, 4) is 0 Å². The van der Waals surface area contributed by atoms with Gasteiger partial charge in [0.1, 0.15) is 6.17 Å². The summed E-state index contributed by atoms with van der Waals surface area (Å²) in [6, 6.07) is 2.03. The minimum Gasteiger partial charge on any atom is -0.317 e. The van der Waals surface area contributed by atoms with Crippen molar-refractivity contribution < 1.29 is 4.39 Å². The maximum absolute atomic E-state index is 13.9. The Morgan fingerprint density at radius 3 is 2.71 bits per heavy atom. The molecule has 0 aliphatic heterocycles. The third-order valence-electron chi connectivity index (χ3n) is 4.68. The molecule has 2 nitrogen and oxygen atoms in total. The van der Waals surface area contributed by atoms with Gasteiger partial charge in [-0.2, -0.15) is 0 Å². The third-order valence-corrected chi connectivity index (χ3v) is 6.74. The summed E-state index contributed by atoms with van der Waals surface area (Å²) in [7, 11) is 1.77. The summed E-state index contributed by atoms with van der Waals surface area (Å²) >= 11 is 5.24. The molecule has 0 spiro atoms. The van der Waals surface area contributed by atoms with Gasteiger partial charge in [0.05, 0.1) is 14.6 Å². The van der Waals surface area contributed by atoms with Gasteiger partial charge in [0, 0.05) is 18.1 Å². The van der Waals surface area contributed by atoms with Gasteiger partial charge in [0.15, 0.2) is 0 Å². The number of halogens is 2. The Bertz CT molecular complexity index is 724. The molecule has 134 valence electrons. The maximum Gasteiger partial charge on any atom is 0.259 e. The Kier molecular flexibility index (Phi) is 7.48. The number of unbranched alkanes of at least 4 members (excludes halogenated alkanes) is 1. The highest BCUT2D eigenvalue weighted by Gasteiger charge is 2.16. The average Bonchev–Trinajstić information content (AvgIpc) is 2.99. The Hall–Kier alpha value is -0.680. The molecule has 2 heterocycles. The molecule has 2 aromatic heterocycles. The van der Waals surface area contributed by atoms with Crippen molar-refractivity contribution in [2.75, 3.05) is 0 Å². The van der Waals surface area contributed by atoms with Crippen LogP contribution >= 0.6 is 27.3 Å². The van der Waals surface area contributed by atoms with Crippen LogP contribution in [0.1, 0.15) is 57.2 Å². The van der Waals surface area contributed by atoms with Gasteiger partial charge >= 0.3 is 0 Å². The van der Waals surface area contributed by atoms with E-state index >= 15 is 0 Å². The zero-order valence-electron chi connectivity index (χ0n) is 14.8. The van der Waals surface area contributed by atoms with Crippen LogP contribution in [-0.2, 0) is 13.5 Å². The van der Waals surface area contributed by atoms with Crippen molar-refractivity contribution in [2.45, 2.75) is 65.0 Å². The largest absolute Gasteiger partial charge is 0.317 e. The first-order valence-electron chi connectivity index (χ1n) is 8.87. The van der Waals surface area contributed by atoms with Crippen LogP contribution in [0.4, 0.5) is 4.39 Å². The number of alkyl halides is 1. The lowest BCUT2D eigenvalue weighted by Crippen LogP contribution is -2.15. The number of hydrogen-bond donors (Lipinski definition) is 0. The van der Waals surface area contributed by atoms with Gasteiger partial charge in [-0.25, -0.2) is 4.39 Å². The summed E-state index contributed by atoms with van der Waals surface area (Å²) < 4.78 is 17.5. The van der Waals surface area contributed by atoms with E-state index in [-0.39, 0.29) is 5.56 Å². The third kappa shape index (κ3) is 4.92. The molecule has 0 aliphatic carbocycles. The summed E-state index contributed by atoms with van der Waals surface area (Å²) in [6.07, 6.45) is 7.46. The fourth-order valence-corrected chi connectivity index (χ4v) is 5.01. The molecule has 2 unspecified atom stereocenters. The topological polar surface area (TPSA) is 22.0 Å². The molecule has 0 N–H and O–H groups in total.